The maximum atomic E-state index is 5.02. The average molecular weight is 737 g/mol. The highest BCUT2D eigenvalue weighted by Crippen LogP contribution is 2.49. The van der Waals surface area contributed by atoms with Crippen LogP contribution in [-0.2, 0) is 10.8 Å². The fraction of sp³-hybridized carbons (Fsp3) is 0.113. The number of benzene rings is 7. The molecule has 57 heavy (non-hydrogen) atoms. The van der Waals surface area contributed by atoms with Crippen LogP contribution in [-0.4, -0.2) is 16.2 Å². The lowest BCUT2D eigenvalue weighted by atomic mass is 9.65. The standard InChI is InChI=1S/C53H44N4/c1-52(2,3)40-32-33-54-51(36-40)57-47-27-14-13-26-45(47)46-31-30-42(35-50(46)57)53(38-18-7-4-8-19-38,39-20-9-5-10-21-39)41-22-17-25-44(34-41)56-37-55(43-23-11-6-12-24-43)48-28-15-16-29-49(48)56/h4-36H,37H2,1-3H3. The lowest BCUT2D eigenvalue weighted by Crippen LogP contribution is -2.31. The second-order valence-electron chi connectivity index (χ2n) is 16.1. The molecule has 0 amide bonds. The van der Waals surface area contributed by atoms with E-state index in [4.69, 9.17) is 4.98 Å². The van der Waals surface area contributed by atoms with Gasteiger partial charge in [0.05, 0.1) is 27.8 Å². The average Bonchev–Trinajstić information content (AvgIpc) is 3.81. The minimum atomic E-state index is -0.660. The molecule has 9 aromatic rings. The summed E-state index contributed by atoms with van der Waals surface area (Å²) in [5.41, 5.74) is 12.4. The third-order valence-electron chi connectivity index (χ3n) is 11.8. The van der Waals surface area contributed by atoms with Crippen LogP contribution >= 0.6 is 0 Å². The SMILES string of the molecule is CC(C)(C)c1ccnc(-n2c3ccccc3c3ccc(C(c4ccccc4)(c4ccccc4)c4cccc(N5CN(c6ccccc6)c6ccccc65)c4)cc32)c1. The topological polar surface area (TPSA) is 24.3 Å². The second-order valence-corrected chi connectivity index (χ2v) is 16.1. The summed E-state index contributed by atoms with van der Waals surface area (Å²) in [6.07, 6.45) is 1.96. The highest BCUT2D eigenvalue weighted by molar-refractivity contribution is 6.09. The van der Waals surface area contributed by atoms with Crippen molar-refractivity contribution in [3.8, 4) is 5.82 Å². The van der Waals surface area contributed by atoms with Gasteiger partial charge in [-0.05, 0) is 93.9 Å². The van der Waals surface area contributed by atoms with E-state index in [1.165, 1.54) is 55.7 Å². The molecule has 0 atom stereocenters. The van der Waals surface area contributed by atoms with Crippen molar-refractivity contribution in [3.63, 3.8) is 0 Å². The monoisotopic (exact) mass is 736 g/mol. The molecule has 0 unspecified atom stereocenters. The van der Waals surface area contributed by atoms with Crippen LogP contribution in [0.4, 0.5) is 22.7 Å². The van der Waals surface area contributed by atoms with E-state index in [1.807, 2.05) is 6.20 Å². The van der Waals surface area contributed by atoms with Crippen molar-refractivity contribution in [1.29, 1.82) is 0 Å². The Hall–Kier alpha value is -6.91. The molecule has 0 N–H and O–H groups in total. The van der Waals surface area contributed by atoms with Crippen molar-refractivity contribution in [2.45, 2.75) is 31.6 Å². The number of aromatic nitrogens is 2. The Kier molecular flexibility index (Phi) is 8.30. The number of para-hydroxylation sites is 4. The van der Waals surface area contributed by atoms with Gasteiger partial charge in [-0.2, -0.15) is 0 Å². The number of pyridine rings is 1. The summed E-state index contributed by atoms with van der Waals surface area (Å²) in [6, 6.07) is 70.9. The number of anilines is 4. The first kappa shape index (κ1) is 34.6. The van der Waals surface area contributed by atoms with Crippen molar-refractivity contribution in [2.75, 3.05) is 16.5 Å². The van der Waals surface area contributed by atoms with Crippen LogP contribution in [0.3, 0.4) is 0 Å². The Labute approximate surface area is 334 Å². The van der Waals surface area contributed by atoms with Gasteiger partial charge in [0.2, 0.25) is 0 Å². The van der Waals surface area contributed by atoms with Crippen LogP contribution in [0.1, 0.15) is 48.6 Å². The van der Waals surface area contributed by atoms with E-state index in [-0.39, 0.29) is 5.41 Å². The Balaban J connectivity index is 1.23. The van der Waals surface area contributed by atoms with Gasteiger partial charge in [0.15, 0.2) is 0 Å². The van der Waals surface area contributed by atoms with Gasteiger partial charge in [0.1, 0.15) is 12.5 Å². The first-order valence-corrected chi connectivity index (χ1v) is 19.8. The zero-order valence-electron chi connectivity index (χ0n) is 32.5. The number of hydrogen-bond donors (Lipinski definition) is 0. The lowest BCUT2D eigenvalue weighted by Gasteiger charge is -2.37. The fourth-order valence-electron chi connectivity index (χ4n) is 9.01. The number of nitrogens with zero attached hydrogens (tertiary/aromatic N) is 4. The first-order valence-electron chi connectivity index (χ1n) is 19.8. The van der Waals surface area contributed by atoms with Crippen molar-refractivity contribution < 1.29 is 0 Å². The lowest BCUT2D eigenvalue weighted by molar-refractivity contribution is 0.588. The Morgan fingerprint density at radius 3 is 1.65 bits per heavy atom. The van der Waals surface area contributed by atoms with Crippen molar-refractivity contribution in [3.05, 3.63) is 228 Å². The van der Waals surface area contributed by atoms with Gasteiger partial charge in [-0.3, -0.25) is 4.57 Å². The third kappa shape index (κ3) is 5.71. The molecule has 4 nitrogen and oxygen atoms in total. The summed E-state index contributed by atoms with van der Waals surface area (Å²) in [4.78, 5) is 9.87. The van der Waals surface area contributed by atoms with Gasteiger partial charge < -0.3 is 9.80 Å². The molecule has 0 radical (unpaired) electrons. The van der Waals surface area contributed by atoms with E-state index in [2.05, 4.69) is 229 Å². The van der Waals surface area contributed by atoms with E-state index in [9.17, 15) is 0 Å². The van der Waals surface area contributed by atoms with Gasteiger partial charge in [0.25, 0.3) is 0 Å². The smallest absolute Gasteiger partial charge is 0.137 e. The van der Waals surface area contributed by atoms with E-state index in [0.717, 1.165) is 22.5 Å². The van der Waals surface area contributed by atoms with Crippen LogP contribution in [0.25, 0.3) is 27.6 Å². The van der Waals surface area contributed by atoms with E-state index < -0.39 is 5.41 Å². The predicted molar refractivity (Wildman–Crippen MR) is 238 cm³/mol. The van der Waals surface area contributed by atoms with Crippen molar-refractivity contribution in [2.24, 2.45) is 0 Å². The Morgan fingerprint density at radius 2 is 0.965 bits per heavy atom. The third-order valence-corrected chi connectivity index (χ3v) is 11.8. The normalized spacial score (nSPS) is 13.0. The predicted octanol–water partition coefficient (Wildman–Crippen LogP) is 13.1. The van der Waals surface area contributed by atoms with Gasteiger partial charge in [0, 0.05) is 28.3 Å². The number of rotatable bonds is 7. The second kappa shape index (κ2) is 13.7. The maximum Gasteiger partial charge on any atom is 0.137 e. The molecule has 1 aliphatic heterocycles. The highest BCUT2D eigenvalue weighted by Gasteiger charge is 2.40. The fourth-order valence-corrected chi connectivity index (χ4v) is 9.01. The van der Waals surface area contributed by atoms with Crippen molar-refractivity contribution >= 4 is 44.6 Å². The zero-order chi connectivity index (χ0) is 38.6. The summed E-state index contributed by atoms with van der Waals surface area (Å²) in [6.45, 7) is 7.50. The molecule has 0 saturated carbocycles. The molecular formula is C53H44N4. The largest absolute Gasteiger partial charge is 0.321 e. The number of fused-ring (bicyclic) bond motifs is 4. The van der Waals surface area contributed by atoms with Gasteiger partial charge >= 0.3 is 0 Å². The Bertz CT molecular complexity index is 2830. The van der Waals surface area contributed by atoms with E-state index >= 15 is 0 Å². The van der Waals surface area contributed by atoms with Crippen LogP contribution in [0, 0.1) is 0 Å². The van der Waals surface area contributed by atoms with Crippen LogP contribution in [0.5, 0.6) is 0 Å². The molecule has 0 aliphatic carbocycles. The van der Waals surface area contributed by atoms with Gasteiger partial charge in [-0.1, -0.05) is 154 Å². The van der Waals surface area contributed by atoms with E-state index in [1.54, 1.807) is 0 Å². The molecule has 4 heteroatoms. The highest BCUT2D eigenvalue weighted by atomic mass is 15.4. The summed E-state index contributed by atoms with van der Waals surface area (Å²) in [5.74, 6) is 0.925. The van der Waals surface area contributed by atoms with Crippen LogP contribution < -0.4 is 9.80 Å². The van der Waals surface area contributed by atoms with Crippen LogP contribution in [0.15, 0.2) is 200 Å². The van der Waals surface area contributed by atoms with E-state index in [0.29, 0.717) is 6.67 Å². The van der Waals surface area contributed by atoms with Gasteiger partial charge in [-0.15, -0.1) is 0 Å². The maximum absolute atomic E-state index is 5.02. The molecule has 2 aromatic heterocycles. The van der Waals surface area contributed by atoms with Gasteiger partial charge in [-0.25, -0.2) is 4.98 Å². The molecule has 7 aromatic carbocycles. The molecule has 3 heterocycles. The molecule has 276 valence electrons. The molecular weight excluding hydrogens is 693 g/mol. The zero-order valence-corrected chi connectivity index (χ0v) is 32.5. The van der Waals surface area contributed by atoms with Crippen molar-refractivity contribution in [1.82, 2.24) is 9.55 Å². The summed E-state index contributed by atoms with van der Waals surface area (Å²) in [7, 11) is 0. The van der Waals surface area contributed by atoms with Crippen LogP contribution in [0.2, 0.25) is 0 Å². The minimum Gasteiger partial charge on any atom is -0.321 e. The molecule has 1 aliphatic rings. The minimum absolute atomic E-state index is 0.0175. The molecule has 10 rings (SSSR count). The number of hydrogen-bond acceptors (Lipinski definition) is 3. The summed E-state index contributed by atoms with van der Waals surface area (Å²) < 4.78 is 2.36. The Morgan fingerprint density at radius 1 is 0.421 bits per heavy atom. The summed E-state index contributed by atoms with van der Waals surface area (Å²) >= 11 is 0. The molecule has 0 spiro atoms. The quantitative estimate of drug-likeness (QED) is 0.152. The molecule has 0 saturated heterocycles. The summed E-state index contributed by atoms with van der Waals surface area (Å²) in [5, 5.41) is 2.42. The molecule has 0 bridgehead atoms. The molecule has 0 fully saturated rings. The first-order chi connectivity index (χ1) is 27.9.